The van der Waals surface area contributed by atoms with Gasteiger partial charge < -0.3 is 4.90 Å². The molecular weight excluding hydrogens is 406 g/mol. The Kier molecular flexibility index (Phi) is 6.72. The Morgan fingerprint density at radius 1 is 1.00 bits per heavy atom. The summed E-state index contributed by atoms with van der Waals surface area (Å²) in [5.74, 6) is -0.202. The molecule has 2 aromatic rings. The molecule has 0 amide bonds. The molecule has 3 nitrogen and oxygen atoms in total. The molecule has 0 heterocycles. The normalized spacial score (nSPS) is 13.0. The minimum Gasteiger partial charge on any atom is -0.362 e. The summed E-state index contributed by atoms with van der Waals surface area (Å²) in [6, 6.07) is 10.4. The Labute approximate surface area is 159 Å². The minimum absolute atomic E-state index is 0.202. The standard InChI is InChI=1S/C18H14F6N2OS/c1-25-16-8-7-13(11-15(16)18(22,23)24)26(12-17(19,20)21)9-10-28(27)14-5-3-2-4-6-14/h2-8,11H,9-10,12H2. The predicted molar refractivity (Wildman–Crippen MR) is 93.7 cm³/mol. The highest BCUT2D eigenvalue weighted by atomic mass is 32.2. The molecule has 0 radical (unpaired) electrons. The van der Waals surface area contributed by atoms with Crippen LogP contribution in [0.3, 0.4) is 0 Å². The molecule has 0 aliphatic rings. The van der Waals surface area contributed by atoms with Gasteiger partial charge in [0.2, 0.25) is 0 Å². The van der Waals surface area contributed by atoms with E-state index >= 15 is 0 Å². The molecule has 1 unspecified atom stereocenters. The number of anilines is 1. The first-order chi connectivity index (χ1) is 13.0. The maximum atomic E-state index is 13.1. The van der Waals surface area contributed by atoms with Gasteiger partial charge in [0.25, 0.3) is 0 Å². The van der Waals surface area contributed by atoms with Gasteiger partial charge in [-0.25, -0.2) is 4.85 Å². The third-order valence-corrected chi connectivity index (χ3v) is 5.05. The molecular formula is C18H14F6N2OS. The van der Waals surface area contributed by atoms with Gasteiger partial charge in [0, 0.05) is 22.9 Å². The lowest BCUT2D eigenvalue weighted by atomic mass is 10.1. The minimum atomic E-state index is -4.88. The molecule has 150 valence electrons. The van der Waals surface area contributed by atoms with Crippen LogP contribution in [0.25, 0.3) is 4.85 Å². The Hall–Kier alpha value is -2.54. The van der Waals surface area contributed by atoms with Gasteiger partial charge in [0.15, 0.2) is 5.69 Å². The largest absolute Gasteiger partial charge is 0.407 e. The molecule has 0 N–H and O–H groups in total. The van der Waals surface area contributed by atoms with E-state index in [1.165, 1.54) is 0 Å². The van der Waals surface area contributed by atoms with Gasteiger partial charge in [-0.15, -0.1) is 0 Å². The number of hydrogen-bond acceptors (Lipinski definition) is 2. The summed E-state index contributed by atoms with van der Waals surface area (Å²) >= 11 is 0. The summed E-state index contributed by atoms with van der Waals surface area (Å²) in [5, 5.41) is 0. The first kappa shape index (κ1) is 21.8. The number of halogens is 6. The van der Waals surface area contributed by atoms with Crippen molar-refractivity contribution in [3.05, 3.63) is 65.5 Å². The van der Waals surface area contributed by atoms with Crippen molar-refractivity contribution in [3.63, 3.8) is 0 Å². The van der Waals surface area contributed by atoms with Crippen LogP contribution in [0, 0.1) is 6.57 Å². The van der Waals surface area contributed by atoms with Gasteiger partial charge in [-0.2, -0.15) is 26.3 Å². The van der Waals surface area contributed by atoms with Crippen LogP contribution < -0.4 is 4.90 Å². The lowest BCUT2D eigenvalue weighted by molar-refractivity contribution is -0.136. The fourth-order valence-corrected chi connectivity index (χ4v) is 3.53. The Morgan fingerprint density at radius 2 is 1.64 bits per heavy atom. The molecule has 10 heteroatoms. The summed E-state index contributed by atoms with van der Waals surface area (Å²) in [4.78, 5) is 3.86. The summed E-state index contributed by atoms with van der Waals surface area (Å²) < 4.78 is 90.4. The summed E-state index contributed by atoms with van der Waals surface area (Å²) in [6.45, 7) is 4.92. The molecule has 0 saturated heterocycles. The van der Waals surface area contributed by atoms with E-state index in [1.807, 2.05) is 0 Å². The SMILES string of the molecule is [C-]#[N+]c1ccc(N(CCS(=O)c2ccccc2)CC(F)(F)F)cc1C(F)(F)F. The predicted octanol–water partition coefficient (Wildman–Crippen LogP) is 5.43. The number of rotatable bonds is 6. The van der Waals surface area contributed by atoms with Crippen LogP contribution in [-0.4, -0.2) is 29.2 Å². The van der Waals surface area contributed by atoms with Crippen LogP contribution in [0.1, 0.15) is 5.56 Å². The van der Waals surface area contributed by atoms with E-state index in [-0.39, 0.29) is 18.0 Å². The highest BCUT2D eigenvalue weighted by Gasteiger charge is 2.35. The van der Waals surface area contributed by atoms with Crippen molar-refractivity contribution in [2.24, 2.45) is 0 Å². The van der Waals surface area contributed by atoms with E-state index < -0.39 is 40.9 Å². The molecule has 0 bridgehead atoms. The highest BCUT2D eigenvalue weighted by molar-refractivity contribution is 7.85. The number of benzene rings is 2. The second kappa shape index (κ2) is 8.65. The lowest BCUT2D eigenvalue weighted by Crippen LogP contribution is -2.37. The zero-order chi connectivity index (χ0) is 20.9. The second-order valence-corrected chi connectivity index (χ2v) is 7.28. The number of nitrogens with zero attached hydrogens (tertiary/aromatic N) is 2. The lowest BCUT2D eigenvalue weighted by Gasteiger charge is -2.27. The van der Waals surface area contributed by atoms with Crippen molar-refractivity contribution in [1.82, 2.24) is 0 Å². The van der Waals surface area contributed by atoms with Gasteiger partial charge in [0.05, 0.1) is 22.9 Å². The van der Waals surface area contributed by atoms with Crippen LogP contribution >= 0.6 is 0 Å². The zero-order valence-corrected chi connectivity index (χ0v) is 15.0. The second-order valence-electron chi connectivity index (χ2n) is 5.71. The molecule has 2 rings (SSSR count). The quantitative estimate of drug-likeness (QED) is 0.460. The number of hydrogen-bond donors (Lipinski definition) is 0. The molecule has 2 aromatic carbocycles. The smallest absolute Gasteiger partial charge is 0.362 e. The first-order valence-electron chi connectivity index (χ1n) is 7.85. The summed E-state index contributed by atoms with van der Waals surface area (Å²) in [5.41, 5.74) is -2.35. The van der Waals surface area contributed by atoms with Crippen molar-refractivity contribution >= 4 is 22.2 Å². The van der Waals surface area contributed by atoms with Crippen LogP contribution in [0.4, 0.5) is 37.7 Å². The van der Waals surface area contributed by atoms with Crippen molar-refractivity contribution < 1.29 is 30.6 Å². The third kappa shape index (κ3) is 5.99. The molecule has 0 aromatic heterocycles. The van der Waals surface area contributed by atoms with E-state index in [9.17, 15) is 30.6 Å². The molecule has 0 saturated carbocycles. The fourth-order valence-electron chi connectivity index (χ4n) is 2.44. The maximum absolute atomic E-state index is 13.1. The van der Waals surface area contributed by atoms with Gasteiger partial charge in [-0.1, -0.05) is 24.3 Å². The number of alkyl halides is 6. The van der Waals surface area contributed by atoms with E-state index in [0.29, 0.717) is 15.9 Å². The Balaban J connectivity index is 2.31. The molecule has 0 aliphatic carbocycles. The van der Waals surface area contributed by atoms with Gasteiger partial charge in [-0.3, -0.25) is 4.21 Å². The summed E-state index contributed by atoms with van der Waals surface area (Å²) in [6.07, 6.45) is -9.56. The van der Waals surface area contributed by atoms with Crippen molar-refractivity contribution in [3.8, 4) is 0 Å². The van der Waals surface area contributed by atoms with Crippen molar-refractivity contribution in [1.29, 1.82) is 0 Å². The van der Waals surface area contributed by atoms with E-state index in [2.05, 4.69) is 4.85 Å². The molecule has 28 heavy (non-hydrogen) atoms. The van der Waals surface area contributed by atoms with Crippen LogP contribution in [0.5, 0.6) is 0 Å². The zero-order valence-electron chi connectivity index (χ0n) is 14.2. The molecule has 0 fully saturated rings. The summed E-state index contributed by atoms with van der Waals surface area (Å²) in [7, 11) is -1.61. The first-order valence-corrected chi connectivity index (χ1v) is 9.17. The van der Waals surface area contributed by atoms with E-state index in [4.69, 9.17) is 6.57 Å². The maximum Gasteiger partial charge on any atom is 0.407 e. The van der Waals surface area contributed by atoms with Gasteiger partial charge >= 0.3 is 12.4 Å². The highest BCUT2D eigenvalue weighted by Crippen LogP contribution is 2.39. The molecule has 0 spiro atoms. The molecule has 0 aliphatic heterocycles. The average molecular weight is 420 g/mol. The van der Waals surface area contributed by atoms with Gasteiger partial charge in [0.1, 0.15) is 6.54 Å². The fraction of sp³-hybridized carbons (Fsp3) is 0.278. The van der Waals surface area contributed by atoms with Crippen LogP contribution in [0.2, 0.25) is 0 Å². The topological polar surface area (TPSA) is 24.7 Å². The Morgan fingerprint density at radius 3 is 2.18 bits per heavy atom. The Bertz CT molecular complexity index is 874. The third-order valence-electron chi connectivity index (χ3n) is 3.69. The van der Waals surface area contributed by atoms with Crippen LogP contribution in [-0.2, 0) is 17.0 Å². The monoisotopic (exact) mass is 420 g/mol. The van der Waals surface area contributed by atoms with Crippen LogP contribution in [0.15, 0.2) is 53.4 Å². The van der Waals surface area contributed by atoms with Crippen molar-refractivity contribution in [2.45, 2.75) is 17.2 Å². The van der Waals surface area contributed by atoms with E-state index in [1.54, 1.807) is 30.3 Å². The molecule has 1 atom stereocenters. The van der Waals surface area contributed by atoms with E-state index in [0.717, 1.165) is 12.1 Å². The van der Waals surface area contributed by atoms with Gasteiger partial charge in [-0.05, 0) is 24.3 Å². The average Bonchev–Trinajstić information content (AvgIpc) is 2.63. The van der Waals surface area contributed by atoms with Crippen molar-refractivity contribution in [2.75, 3.05) is 23.7 Å².